The number of hydrogen-bond donors (Lipinski definition) is 2. The normalized spacial score (nSPS) is 10.1. The number of nitrogens with one attached hydrogen (secondary N) is 1. The lowest BCUT2D eigenvalue weighted by atomic mass is 10.0. The smallest absolute Gasteiger partial charge is 0.353 e. The molecule has 0 aliphatic carbocycles. The minimum absolute atomic E-state index is 0.0183. The molecule has 0 unspecified atom stereocenters. The van der Waals surface area contributed by atoms with Crippen LogP contribution in [-0.2, 0) is 4.74 Å². The van der Waals surface area contributed by atoms with E-state index in [0.29, 0.717) is 5.56 Å². The van der Waals surface area contributed by atoms with Crippen molar-refractivity contribution in [3.05, 3.63) is 52.1 Å². The number of aromatic amines is 1. The third kappa shape index (κ3) is 2.97. The summed E-state index contributed by atoms with van der Waals surface area (Å²) < 4.78 is 4.86. The molecule has 0 aliphatic heterocycles. The molecule has 2 N–H and O–H groups in total. The van der Waals surface area contributed by atoms with E-state index in [1.807, 2.05) is 0 Å². The van der Waals surface area contributed by atoms with E-state index in [1.54, 1.807) is 37.3 Å². The highest BCUT2D eigenvalue weighted by Gasteiger charge is 2.25. The number of carbonyl (C=O) groups is 2. The van der Waals surface area contributed by atoms with Gasteiger partial charge in [0.1, 0.15) is 11.3 Å². The Morgan fingerprint density at radius 2 is 1.95 bits per heavy atom. The van der Waals surface area contributed by atoms with Gasteiger partial charge >= 0.3 is 17.6 Å². The molecule has 0 amide bonds. The van der Waals surface area contributed by atoms with Gasteiger partial charge in [-0.25, -0.2) is 14.4 Å². The number of carbonyl (C=O) groups excluding carboxylic acids is 1. The van der Waals surface area contributed by atoms with E-state index in [-0.39, 0.29) is 17.9 Å². The fourth-order valence-corrected chi connectivity index (χ4v) is 1.84. The zero-order valence-corrected chi connectivity index (χ0v) is 11.1. The Hall–Kier alpha value is -2.96. The fourth-order valence-electron chi connectivity index (χ4n) is 1.84. The number of esters is 1. The highest BCUT2D eigenvalue weighted by atomic mass is 16.5. The van der Waals surface area contributed by atoms with Crippen LogP contribution in [0.3, 0.4) is 0 Å². The lowest BCUT2D eigenvalue weighted by Gasteiger charge is -2.10. The first-order chi connectivity index (χ1) is 10.0. The van der Waals surface area contributed by atoms with E-state index >= 15 is 0 Å². The molecule has 1 aromatic heterocycles. The highest BCUT2D eigenvalue weighted by Crippen LogP contribution is 2.22. The second-order valence-corrected chi connectivity index (χ2v) is 4.03. The van der Waals surface area contributed by atoms with Gasteiger partial charge in [-0.05, 0) is 6.92 Å². The van der Waals surface area contributed by atoms with E-state index in [0.717, 1.165) is 0 Å². The average molecular weight is 288 g/mol. The van der Waals surface area contributed by atoms with Crippen LogP contribution in [0.5, 0.6) is 0 Å². The number of ether oxygens (including phenoxy) is 1. The van der Waals surface area contributed by atoms with Crippen LogP contribution < -0.4 is 5.69 Å². The zero-order valence-electron chi connectivity index (χ0n) is 11.1. The molecule has 0 atom stereocenters. The number of aromatic carboxylic acids is 1. The van der Waals surface area contributed by atoms with Gasteiger partial charge in [0, 0.05) is 5.56 Å². The summed E-state index contributed by atoms with van der Waals surface area (Å²) in [6.45, 7) is 1.67. The van der Waals surface area contributed by atoms with Crippen LogP contribution in [0.4, 0.5) is 0 Å². The number of carboxylic acid groups (broad SMARTS) is 1. The van der Waals surface area contributed by atoms with Crippen LogP contribution in [0.25, 0.3) is 11.3 Å². The molecule has 0 bridgehead atoms. The Bertz CT molecular complexity index is 737. The summed E-state index contributed by atoms with van der Waals surface area (Å²) in [7, 11) is 0. The minimum Gasteiger partial charge on any atom is -0.477 e. The van der Waals surface area contributed by atoms with Crippen molar-refractivity contribution in [2.24, 2.45) is 0 Å². The number of H-pyrrole nitrogens is 1. The summed E-state index contributed by atoms with van der Waals surface area (Å²) in [5.41, 5.74) is -1.22. The van der Waals surface area contributed by atoms with Gasteiger partial charge in [0.2, 0.25) is 0 Å². The van der Waals surface area contributed by atoms with E-state index in [2.05, 4.69) is 9.97 Å². The van der Waals surface area contributed by atoms with E-state index in [9.17, 15) is 19.5 Å². The van der Waals surface area contributed by atoms with Crippen molar-refractivity contribution in [3.63, 3.8) is 0 Å². The van der Waals surface area contributed by atoms with Crippen molar-refractivity contribution in [2.45, 2.75) is 6.92 Å². The lowest BCUT2D eigenvalue weighted by Crippen LogP contribution is -2.23. The van der Waals surface area contributed by atoms with E-state index in [4.69, 9.17) is 4.74 Å². The van der Waals surface area contributed by atoms with Crippen molar-refractivity contribution >= 4 is 11.9 Å². The first-order valence-corrected chi connectivity index (χ1v) is 6.14. The number of benzene rings is 1. The van der Waals surface area contributed by atoms with Gasteiger partial charge in [0.15, 0.2) is 0 Å². The molecule has 7 heteroatoms. The molecule has 0 spiro atoms. The number of carboxylic acids is 1. The molecule has 0 saturated heterocycles. The summed E-state index contributed by atoms with van der Waals surface area (Å²) in [5.74, 6) is -2.28. The standard InChI is InChI=1S/C14H12N2O5/c1-2-21-13(19)9-10(8-6-4-3-5-7-8)15-14(20)16-11(9)12(17)18/h3-7H,2H2,1H3,(H,17,18)(H,15,16,20). The van der Waals surface area contributed by atoms with Crippen molar-refractivity contribution in [1.82, 2.24) is 9.97 Å². The third-order valence-electron chi connectivity index (χ3n) is 2.67. The Morgan fingerprint density at radius 1 is 1.29 bits per heavy atom. The molecule has 1 aromatic carbocycles. The van der Waals surface area contributed by atoms with Gasteiger partial charge in [0.05, 0.1) is 12.3 Å². The zero-order chi connectivity index (χ0) is 15.4. The first kappa shape index (κ1) is 14.4. The topological polar surface area (TPSA) is 109 Å². The Labute approximate surface area is 119 Å². The second-order valence-electron chi connectivity index (χ2n) is 4.03. The lowest BCUT2D eigenvalue weighted by molar-refractivity contribution is 0.0513. The van der Waals surface area contributed by atoms with Crippen molar-refractivity contribution in [3.8, 4) is 11.3 Å². The number of aromatic nitrogens is 2. The number of rotatable bonds is 4. The maximum Gasteiger partial charge on any atom is 0.353 e. The van der Waals surface area contributed by atoms with Gasteiger partial charge in [-0.2, -0.15) is 4.98 Å². The van der Waals surface area contributed by atoms with Crippen LogP contribution in [0.1, 0.15) is 27.8 Å². The van der Waals surface area contributed by atoms with Crippen LogP contribution >= 0.6 is 0 Å². The SMILES string of the molecule is CCOC(=O)c1c(-c2ccccc2)nc(=O)[nH]c1C(=O)O. The van der Waals surface area contributed by atoms with Gasteiger partial charge in [0.25, 0.3) is 0 Å². The Kier molecular flexibility index (Phi) is 4.13. The summed E-state index contributed by atoms with van der Waals surface area (Å²) in [6, 6.07) is 8.37. The maximum atomic E-state index is 12.0. The van der Waals surface area contributed by atoms with Gasteiger partial charge < -0.3 is 9.84 Å². The Balaban J connectivity index is 2.76. The predicted molar refractivity (Wildman–Crippen MR) is 73.2 cm³/mol. The molecule has 2 rings (SSSR count). The number of hydrogen-bond acceptors (Lipinski definition) is 5. The van der Waals surface area contributed by atoms with Crippen LogP contribution in [-0.4, -0.2) is 33.6 Å². The molecule has 0 aliphatic rings. The number of nitrogens with zero attached hydrogens (tertiary/aromatic N) is 1. The van der Waals surface area contributed by atoms with Crippen molar-refractivity contribution in [2.75, 3.05) is 6.61 Å². The van der Waals surface area contributed by atoms with Crippen molar-refractivity contribution in [1.29, 1.82) is 0 Å². The van der Waals surface area contributed by atoms with E-state index in [1.165, 1.54) is 0 Å². The monoisotopic (exact) mass is 288 g/mol. The van der Waals surface area contributed by atoms with Gasteiger partial charge in [-0.15, -0.1) is 0 Å². The van der Waals surface area contributed by atoms with E-state index < -0.39 is 23.3 Å². The molecule has 1 heterocycles. The first-order valence-electron chi connectivity index (χ1n) is 6.14. The molecule has 7 nitrogen and oxygen atoms in total. The highest BCUT2D eigenvalue weighted by molar-refractivity contribution is 6.05. The summed E-state index contributed by atoms with van der Waals surface area (Å²) in [4.78, 5) is 40.6. The molecular formula is C14H12N2O5. The summed E-state index contributed by atoms with van der Waals surface area (Å²) in [6.07, 6.45) is 0. The van der Waals surface area contributed by atoms with Crippen LogP contribution in [0, 0.1) is 0 Å². The predicted octanol–water partition coefficient (Wildman–Crippen LogP) is 1.31. The minimum atomic E-state index is -1.44. The van der Waals surface area contributed by atoms with Crippen molar-refractivity contribution < 1.29 is 19.4 Å². The Morgan fingerprint density at radius 3 is 2.52 bits per heavy atom. The summed E-state index contributed by atoms with van der Waals surface area (Å²) in [5, 5.41) is 9.17. The van der Waals surface area contributed by atoms with Gasteiger partial charge in [-0.3, -0.25) is 4.98 Å². The average Bonchev–Trinajstić information content (AvgIpc) is 2.47. The molecular weight excluding hydrogens is 276 g/mol. The molecule has 21 heavy (non-hydrogen) atoms. The largest absolute Gasteiger partial charge is 0.477 e. The van der Waals surface area contributed by atoms with Crippen LogP contribution in [0.15, 0.2) is 35.1 Å². The second kappa shape index (κ2) is 6.00. The molecule has 108 valence electrons. The fraction of sp³-hybridized carbons (Fsp3) is 0.143. The molecule has 0 saturated carbocycles. The molecule has 0 fully saturated rings. The molecule has 2 aromatic rings. The summed E-state index contributed by atoms with van der Waals surface area (Å²) >= 11 is 0. The van der Waals surface area contributed by atoms with Crippen LogP contribution in [0.2, 0.25) is 0 Å². The molecule has 0 radical (unpaired) electrons. The maximum absolute atomic E-state index is 12.0. The quantitative estimate of drug-likeness (QED) is 0.821. The third-order valence-corrected chi connectivity index (χ3v) is 2.67. The van der Waals surface area contributed by atoms with Gasteiger partial charge in [-0.1, -0.05) is 30.3 Å².